The summed E-state index contributed by atoms with van der Waals surface area (Å²) in [6.07, 6.45) is 10.6. The number of nitrogens with two attached hydrogens (primary N) is 1. The first-order valence-electron chi connectivity index (χ1n) is 7.74. The van der Waals surface area contributed by atoms with Crippen molar-refractivity contribution in [1.29, 1.82) is 0 Å². The lowest BCUT2D eigenvalue weighted by molar-refractivity contribution is 0.188. The molecule has 0 saturated heterocycles. The standard InChI is InChI=1S/C15H32N2/c1-3-5-10-17(11-6-4-2)13-14-8-7-9-15(16)12-14/h14-15H,3-13,16H2,1-2H3. The molecule has 0 aromatic heterocycles. The molecule has 1 aliphatic rings. The van der Waals surface area contributed by atoms with Crippen molar-refractivity contribution in [3.63, 3.8) is 0 Å². The Bertz CT molecular complexity index is 174. The molecule has 2 unspecified atom stereocenters. The fourth-order valence-electron chi connectivity index (χ4n) is 2.92. The van der Waals surface area contributed by atoms with Crippen LogP contribution in [0.25, 0.3) is 0 Å². The zero-order chi connectivity index (χ0) is 12.5. The molecule has 1 saturated carbocycles. The normalized spacial score (nSPS) is 25.4. The third-order valence-corrected chi connectivity index (χ3v) is 4.00. The van der Waals surface area contributed by atoms with Gasteiger partial charge in [-0.3, -0.25) is 0 Å². The fourth-order valence-corrected chi connectivity index (χ4v) is 2.92. The second-order valence-electron chi connectivity index (χ2n) is 5.80. The highest BCUT2D eigenvalue weighted by Crippen LogP contribution is 2.24. The Labute approximate surface area is 108 Å². The van der Waals surface area contributed by atoms with Gasteiger partial charge >= 0.3 is 0 Å². The van der Waals surface area contributed by atoms with Gasteiger partial charge in [0.25, 0.3) is 0 Å². The first-order chi connectivity index (χ1) is 8.26. The molecule has 17 heavy (non-hydrogen) atoms. The average molecular weight is 240 g/mol. The van der Waals surface area contributed by atoms with E-state index in [2.05, 4.69) is 18.7 Å². The Morgan fingerprint density at radius 2 is 1.71 bits per heavy atom. The summed E-state index contributed by atoms with van der Waals surface area (Å²) in [6.45, 7) is 8.46. The molecule has 2 heteroatoms. The Kier molecular flexibility index (Phi) is 7.87. The van der Waals surface area contributed by atoms with Crippen molar-refractivity contribution in [3.8, 4) is 0 Å². The molecular weight excluding hydrogens is 208 g/mol. The van der Waals surface area contributed by atoms with Crippen LogP contribution < -0.4 is 5.73 Å². The summed E-state index contributed by atoms with van der Waals surface area (Å²) in [5, 5.41) is 0. The van der Waals surface area contributed by atoms with Gasteiger partial charge in [0, 0.05) is 12.6 Å². The maximum absolute atomic E-state index is 6.08. The van der Waals surface area contributed by atoms with Crippen molar-refractivity contribution in [2.75, 3.05) is 19.6 Å². The van der Waals surface area contributed by atoms with Crippen molar-refractivity contribution in [3.05, 3.63) is 0 Å². The molecule has 1 aliphatic carbocycles. The van der Waals surface area contributed by atoms with Crippen LogP contribution in [0.5, 0.6) is 0 Å². The van der Waals surface area contributed by atoms with Crippen molar-refractivity contribution in [2.24, 2.45) is 11.7 Å². The van der Waals surface area contributed by atoms with E-state index in [0.717, 1.165) is 5.92 Å². The monoisotopic (exact) mass is 240 g/mol. The van der Waals surface area contributed by atoms with Crippen molar-refractivity contribution < 1.29 is 0 Å². The summed E-state index contributed by atoms with van der Waals surface area (Å²) < 4.78 is 0. The molecule has 0 heterocycles. The van der Waals surface area contributed by atoms with Crippen LogP contribution in [0.4, 0.5) is 0 Å². The van der Waals surface area contributed by atoms with Gasteiger partial charge in [-0.1, -0.05) is 33.1 Å². The van der Waals surface area contributed by atoms with Crippen LogP contribution in [0.1, 0.15) is 65.2 Å². The Hall–Kier alpha value is -0.0800. The SMILES string of the molecule is CCCCN(CCCC)CC1CCCC(N)C1. The zero-order valence-electron chi connectivity index (χ0n) is 12.0. The van der Waals surface area contributed by atoms with E-state index in [1.165, 1.54) is 71.0 Å². The quantitative estimate of drug-likeness (QED) is 0.704. The second-order valence-corrected chi connectivity index (χ2v) is 5.80. The third kappa shape index (κ3) is 6.42. The van der Waals surface area contributed by atoms with Crippen LogP contribution in [0.15, 0.2) is 0 Å². The van der Waals surface area contributed by atoms with Crippen LogP contribution in [-0.2, 0) is 0 Å². The number of nitrogens with zero attached hydrogens (tertiary/aromatic N) is 1. The van der Waals surface area contributed by atoms with E-state index < -0.39 is 0 Å². The lowest BCUT2D eigenvalue weighted by Crippen LogP contribution is -2.36. The van der Waals surface area contributed by atoms with Gasteiger partial charge in [-0.25, -0.2) is 0 Å². The molecule has 2 atom stereocenters. The molecule has 0 radical (unpaired) electrons. The van der Waals surface area contributed by atoms with E-state index in [1.807, 2.05) is 0 Å². The van der Waals surface area contributed by atoms with Crippen molar-refractivity contribution in [2.45, 2.75) is 71.3 Å². The number of unbranched alkanes of at least 4 members (excludes halogenated alkanes) is 2. The fraction of sp³-hybridized carbons (Fsp3) is 1.00. The molecule has 102 valence electrons. The van der Waals surface area contributed by atoms with Gasteiger partial charge in [0.1, 0.15) is 0 Å². The highest BCUT2D eigenvalue weighted by Gasteiger charge is 2.21. The minimum Gasteiger partial charge on any atom is -0.328 e. The molecular formula is C15H32N2. The van der Waals surface area contributed by atoms with E-state index >= 15 is 0 Å². The predicted molar refractivity (Wildman–Crippen MR) is 76.2 cm³/mol. The smallest absolute Gasteiger partial charge is 0.00419 e. The van der Waals surface area contributed by atoms with E-state index in [4.69, 9.17) is 5.73 Å². The van der Waals surface area contributed by atoms with Crippen LogP contribution in [0.3, 0.4) is 0 Å². The molecule has 0 bridgehead atoms. The molecule has 0 amide bonds. The van der Waals surface area contributed by atoms with E-state index in [9.17, 15) is 0 Å². The maximum Gasteiger partial charge on any atom is 0.00419 e. The summed E-state index contributed by atoms with van der Waals surface area (Å²) in [6, 6.07) is 0.480. The summed E-state index contributed by atoms with van der Waals surface area (Å²) in [4.78, 5) is 2.69. The Balaban J connectivity index is 2.29. The van der Waals surface area contributed by atoms with Gasteiger partial charge in [0.2, 0.25) is 0 Å². The lowest BCUT2D eigenvalue weighted by Gasteiger charge is -2.32. The average Bonchev–Trinajstić information content (AvgIpc) is 2.32. The first-order valence-corrected chi connectivity index (χ1v) is 7.74. The van der Waals surface area contributed by atoms with Gasteiger partial charge in [-0.15, -0.1) is 0 Å². The van der Waals surface area contributed by atoms with Gasteiger partial charge in [-0.05, 0) is 51.1 Å². The molecule has 0 aliphatic heterocycles. The van der Waals surface area contributed by atoms with Gasteiger partial charge in [-0.2, -0.15) is 0 Å². The Morgan fingerprint density at radius 3 is 2.24 bits per heavy atom. The van der Waals surface area contributed by atoms with E-state index in [0.29, 0.717) is 6.04 Å². The number of hydrogen-bond acceptors (Lipinski definition) is 2. The highest BCUT2D eigenvalue weighted by atomic mass is 15.1. The maximum atomic E-state index is 6.08. The van der Waals surface area contributed by atoms with Crippen LogP contribution in [0.2, 0.25) is 0 Å². The van der Waals surface area contributed by atoms with Crippen LogP contribution in [-0.4, -0.2) is 30.6 Å². The molecule has 2 N–H and O–H groups in total. The number of hydrogen-bond donors (Lipinski definition) is 1. The highest BCUT2D eigenvalue weighted by molar-refractivity contribution is 4.77. The second kappa shape index (κ2) is 8.93. The van der Waals surface area contributed by atoms with Gasteiger partial charge in [0.15, 0.2) is 0 Å². The number of rotatable bonds is 8. The third-order valence-electron chi connectivity index (χ3n) is 4.00. The predicted octanol–water partition coefficient (Wildman–Crippen LogP) is 3.41. The molecule has 1 rings (SSSR count). The minimum absolute atomic E-state index is 0.480. The Morgan fingerprint density at radius 1 is 1.06 bits per heavy atom. The van der Waals surface area contributed by atoms with Crippen LogP contribution in [0, 0.1) is 5.92 Å². The lowest BCUT2D eigenvalue weighted by atomic mass is 9.86. The van der Waals surface area contributed by atoms with E-state index in [1.54, 1.807) is 0 Å². The molecule has 0 aromatic rings. The van der Waals surface area contributed by atoms with Crippen molar-refractivity contribution >= 4 is 0 Å². The zero-order valence-corrected chi connectivity index (χ0v) is 12.0. The molecule has 2 nitrogen and oxygen atoms in total. The van der Waals surface area contributed by atoms with Gasteiger partial charge in [0.05, 0.1) is 0 Å². The topological polar surface area (TPSA) is 29.3 Å². The molecule has 1 fully saturated rings. The van der Waals surface area contributed by atoms with Crippen LogP contribution >= 0.6 is 0 Å². The summed E-state index contributed by atoms with van der Waals surface area (Å²) in [7, 11) is 0. The first kappa shape index (κ1) is 15.0. The summed E-state index contributed by atoms with van der Waals surface area (Å²) >= 11 is 0. The van der Waals surface area contributed by atoms with E-state index in [-0.39, 0.29) is 0 Å². The van der Waals surface area contributed by atoms with Crippen molar-refractivity contribution in [1.82, 2.24) is 4.90 Å². The minimum atomic E-state index is 0.480. The molecule has 0 spiro atoms. The van der Waals surface area contributed by atoms with Gasteiger partial charge < -0.3 is 10.6 Å². The molecule has 0 aromatic carbocycles. The largest absolute Gasteiger partial charge is 0.328 e. The summed E-state index contributed by atoms with van der Waals surface area (Å²) in [5.41, 5.74) is 6.08. The summed E-state index contributed by atoms with van der Waals surface area (Å²) in [5.74, 6) is 0.868.